The highest BCUT2D eigenvalue weighted by atomic mass is 15.1. The molecule has 0 bridgehead atoms. The third kappa shape index (κ3) is 2.56. The lowest BCUT2D eigenvalue weighted by Crippen LogP contribution is -2.11. The number of rotatable bonds is 4. The molecule has 0 aliphatic rings. The van der Waals surface area contributed by atoms with Gasteiger partial charge in [-0.25, -0.2) is 0 Å². The van der Waals surface area contributed by atoms with Crippen LogP contribution in [0, 0.1) is 0 Å². The van der Waals surface area contributed by atoms with Gasteiger partial charge in [0.05, 0.1) is 0 Å². The van der Waals surface area contributed by atoms with E-state index in [-0.39, 0.29) is 0 Å². The Kier molecular flexibility index (Phi) is 3.61. The highest BCUT2D eigenvalue weighted by molar-refractivity contribution is 5.65. The second-order valence-electron chi connectivity index (χ2n) is 4.02. The molecule has 0 heterocycles. The third-order valence-electron chi connectivity index (χ3n) is 2.86. The van der Waals surface area contributed by atoms with E-state index in [9.17, 15) is 0 Å². The van der Waals surface area contributed by atoms with Crippen LogP contribution in [0.4, 0.5) is 11.4 Å². The summed E-state index contributed by atoms with van der Waals surface area (Å²) >= 11 is 0. The third-order valence-corrected chi connectivity index (χ3v) is 2.86. The largest absolute Gasteiger partial charge is 0.344 e. The lowest BCUT2D eigenvalue weighted by molar-refractivity contribution is 1.15. The van der Waals surface area contributed by atoms with Crippen LogP contribution >= 0.6 is 0 Å². The molecule has 0 amide bonds. The summed E-state index contributed by atoms with van der Waals surface area (Å²) < 4.78 is 0. The van der Waals surface area contributed by atoms with Gasteiger partial charge in [0.25, 0.3) is 0 Å². The number of hydrogen-bond donors (Lipinski definition) is 0. The fraction of sp³-hybridized carbons (Fsp3) is 0.125. The predicted octanol–water partition coefficient (Wildman–Crippen LogP) is 4.18. The standard InChI is InChI=1S/C16H17N/c1-3-9-14-10-7-8-13-16(14)17(2)15-11-5-4-6-12-15/h3-8,10-13H,1,9H2,2H3. The average Bonchev–Trinajstić information content (AvgIpc) is 2.40. The van der Waals surface area contributed by atoms with Gasteiger partial charge in [-0.3, -0.25) is 0 Å². The average molecular weight is 223 g/mol. The van der Waals surface area contributed by atoms with Gasteiger partial charge in [-0.2, -0.15) is 0 Å². The zero-order valence-electron chi connectivity index (χ0n) is 10.1. The fourth-order valence-electron chi connectivity index (χ4n) is 1.96. The topological polar surface area (TPSA) is 3.24 Å². The van der Waals surface area contributed by atoms with Gasteiger partial charge in [-0.15, -0.1) is 6.58 Å². The van der Waals surface area contributed by atoms with Gasteiger partial charge in [0.2, 0.25) is 0 Å². The first-order valence-electron chi connectivity index (χ1n) is 5.80. The molecule has 2 aromatic carbocycles. The van der Waals surface area contributed by atoms with Crippen molar-refractivity contribution in [1.29, 1.82) is 0 Å². The van der Waals surface area contributed by atoms with Crippen molar-refractivity contribution in [2.24, 2.45) is 0 Å². The minimum absolute atomic E-state index is 0.896. The molecule has 0 radical (unpaired) electrons. The van der Waals surface area contributed by atoms with Gasteiger partial charge in [0.15, 0.2) is 0 Å². The van der Waals surface area contributed by atoms with E-state index in [0.717, 1.165) is 6.42 Å². The van der Waals surface area contributed by atoms with Crippen LogP contribution in [0.1, 0.15) is 5.56 Å². The van der Waals surface area contributed by atoms with Crippen LogP contribution in [0.5, 0.6) is 0 Å². The van der Waals surface area contributed by atoms with Crippen molar-refractivity contribution in [1.82, 2.24) is 0 Å². The van der Waals surface area contributed by atoms with Crippen molar-refractivity contribution >= 4 is 11.4 Å². The normalized spacial score (nSPS) is 9.94. The molecule has 2 aromatic rings. The Morgan fingerprint density at radius 1 is 1.00 bits per heavy atom. The molecule has 0 fully saturated rings. The predicted molar refractivity (Wildman–Crippen MR) is 74.8 cm³/mol. The lowest BCUT2D eigenvalue weighted by atomic mass is 10.1. The van der Waals surface area contributed by atoms with Crippen LogP contribution in [0.15, 0.2) is 67.3 Å². The molecule has 0 N–H and O–H groups in total. The Labute approximate surface area is 103 Å². The molecule has 1 nitrogen and oxygen atoms in total. The Bertz CT molecular complexity index is 488. The summed E-state index contributed by atoms with van der Waals surface area (Å²) in [5.74, 6) is 0. The maximum atomic E-state index is 3.81. The van der Waals surface area contributed by atoms with Crippen LogP contribution in [-0.2, 0) is 6.42 Å². The van der Waals surface area contributed by atoms with Crippen molar-refractivity contribution in [3.05, 3.63) is 72.8 Å². The van der Waals surface area contributed by atoms with Gasteiger partial charge in [0, 0.05) is 18.4 Å². The van der Waals surface area contributed by atoms with Gasteiger partial charge in [-0.05, 0) is 30.2 Å². The number of nitrogens with zero attached hydrogens (tertiary/aromatic N) is 1. The minimum Gasteiger partial charge on any atom is -0.344 e. The molecule has 17 heavy (non-hydrogen) atoms. The Balaban J connectivity index is 2.37. The highest BCUT2D eigenvalue weighted by Crippen LogP contribution is 2.26. The Morgan fingerprint density at radius 2 is 1.65 bits per heavy atom. The van der Waals surface area contributed by atoms with Gasteiger partial charge in [0.1, 0.15) is 0 Å². The van der Waals surface area contributed by atoms with Crippen LogP contribution < -0.4 is 4.90 Å². The highest BCUT2D eigenvalue weighted by Gasteiger charge is 2.06. The summed E-state index contributed by atoms with van der Waals surface area (Å²) in [6.07, 6.45) is 2.84. The molecule has 0 spiro atoms. The van der Waals surface area contributed by atoms with Crippen molar-refractivity contribution < 1.29 is 0 Å². The Hall–Kier alpha value is -2.02. The van der Waals surface area contributed by atoms with Crippen molar-refractivity contribution in [2.75, 3.05) is 11.9 Å². The number of benzene rings is 2. The van der Waals surface area contributed by atoms with E-state index >= 15 is 0 Å². The van der Waals surface area contributed by atoms with Crippen molar-refractivity contribution in [3.8, 4) is 0 Å². The lowest BCUT2D eigenvalue weighted by Gasteiger charge is -2.22. The fourth-order valence-corrected chi connectivity index (χ4v) is 1.96. The summed E-state index contributed by atoms with van der Waals surface area (Å²) in [6, 6.07) is 18.8. The molecule has 0 saturated heterocycles. The van der Waals surface area contributed by atoms with E-state index in [1.165, 1.54) is 16.9 Å². The summed E-state index contributed by atoms with van der Waals surface area (Å²) in [4.78, 5) is 2.21. The molecule has 0 aliphatic heterocycles. The summed E-state index contributed by atoms with van der Waals surface area (Å²) in [7, 11) is 2.09. The van der Waals surface area contributed by atoms with Gasteiger partial charge in [-0.1, -0.05) is 42.5 Å². The van der Waals surface area contributed by atoms with Crippen LogP contribution in [0.25, 0.3) is 0 Å². The molecule has 1 heteroatoms. The van der Waals surface area contributed by atoms with E-state index in [2.05, 4.69) is 67.1 Å². The van der Waals surface area contributed by atoms with E-state index in [1.807, 2.05) is 12.1 Å². The molecular weight excluding hydrogens is 206 g/mol. The van der Waals surface area contributed by atoms with E-state index in [0.29, 0.717) is 0 Å². The number of hydrogen-bond acceptors (Lipinski definition) is 1. The molecule has 0 aliphatic carbocycles. The summed E-state index contributed by atoms with van der Waals surface area (Å²) in [5.41, 5.74) is 3.73. The molecular formula is C16H17N. The van der Waals surface area contributed by atoms with Crippen LogP contribution in [0.2, 0.25) is 0 Å². The van der Waals surface area contributed by atoms with E-state index in [4.69, 9.17) is 0 Å². The van der Waals surface area contributed by atoms with Crippen LogP contribution in [0.3, 0.4) is 0 Å². The van der Waals surface area contributed by atoms with Gasteiger partial charge < -0.3 is 4.90 Å². The number of para-hydroxylation sites is 2. The SMILES string of the molecule is C=CCc1ccccc1N(C)c1ccccc1. The Morgan fingerprint density at radius 3 is 2.35 bits per heavy atom. The second-order valence-corrected chi connectivity index (χ2v) is 4.02. The van der Waals surface area contributed by atoms with Crippen molar-refractivity contribution in [2.45, 2.75) is 6.42 Å². The quantitative estimate of drug-likeness (QED) is 0.703. The van der Waals surface area contributed by atoms with E-state index in [1.54, 1.807) is 0 Å². The maximum Gasteiger partial charge on any atom is 0.0443 e. The molecule has 0 unspecified atom stereocenters. The van der Waals surface area contributed by atoms with Crippen LogP contribution in [-0.4, -0.2) is 7.05 Å². The zero-order valence-corrected chi connectivity index (χ0v) is 10.1. The first kappa shape index (κ1) is 11.5. The molecule has 0 saturated carbocycles. The monoisotopic (exact) mass is 223 g/mol. The first-order chi connectivity index (χ1) is 8.33. The van der Waals surface area contributed by atoms with E-state index < -0.39 is 0 Å². The number of anilines is 2. The van der Waals surface area contributed by atoms with Gasteiger partial charge >= 0.3 is 0 Å². The molecule has 0 atom stereocenters. The zero-order chi connectivity index (χ0) is 12.1. The first-order valence-corrected chi connectivity index (χ1v) is 5.80. The molecule has 2 rings (SSSR count). The van der Waals surface area contributed by atoms with Crippen molar-refractivity contribution in [3.63, 3.8) is 0 Å². The number of allylic oxidation sites excluding steroid dienone is 1. The smallest absolute Gasteiger partial charge is 0.0443 e. The molecule has 86 valence electrons. The summed E-state index contributed by atoms with van der Waals surface area (Å²) in [6.45, 7) is 3.81. The second kappa shape index (κ2) is 5.35. The maximum absolute atomic E-state index is 3.81. The molecule has 0 aromatic heterocycles. The summed E-state index contributed by atoms with van der Waals surface area (Å²) in [5, 5.41) is 0. The minimum atomic E-state index is 0.896.